The van der Waals surface area contributed by atoms with Crippen molar-refractivity contribution in [2.75, 3.05) is 19.5 Å². The topological polar surface area (TPSA) is 67.8 Å². The first-order chi connectivity index (χ1) is 11.1. The maximum absolute atomic E-state index is 5.25. The Kier molecular flexibility index (Phi) is 5.87. The molecule has 0 aliphatic rings. The van der Waals surface area contributed by atoms with Crippen LogP contribution in [0.3, 0.4) is 0 Å². The number of ether oxygens (including phenoxy) is 2. The lowest BCUT2D eigenvalue weighted by Crippen LogP contribution is -2.24. The van der Waals surface area contributed by atoms with E-state index in [2.05, 4.69) is 20.8 Å². The molecule has 1 aromatic carbocycles. The molecule has 2 N–H and O–H groups in total. The number of rotatable bonds is 5. The standard InChI is InChI=1S/C16H18N4O2S/c1-11-8-15(22-3)17-10-13(11)19-16(23)20-18-9-12-6-4-5-7-14(12)21-2/h4-10H,1-3H3,(H2,19,20,23)/b18-9+. The molecule has 0 aliphatic carbocycles. The van der Waals surface area contributed by atoms with Gasteiger partial charge in [0.2, 0.25) is 5.88 Å². The van der Waals surface area contributed by atoms with Crippen LogP contribution in [0.25, 0.3) is 0 Å². The minimum atomic E-state index is 0.367. The number of hydrogen-bond donors (Lipinski definition) is 2. The van der Waals surface area contributed by atoms with Crippen molar-refractivity contribution in [1.29, 1.82) is 0 Å². The molecule has 0 unspecified atom stereocenters. The van der Waals surface area contributed by atoms with Gasteiger partial charge in [-0.15, -0.1) is 0 Å². The van der Waals surface area contributed by atoms with E-state index in [1.807, 2.05) is 37.3 Å². The van der Waals surface area contributed by atoms with Gasteiger partial charge in [0.15, 0.2) is 5.11 Å². The zero-order valence-electron chi connectivity index (χ0n) is 13.2. The number of nitrogens with one attached hydrogen (secondary N) is 2. The number of methoxy groups -OCH3 is 2. The number of hydrazone groups is 1. The Hall–Kier alpha value is -2.67. The molecule has 1 heterocycles. The summed E-state index contributed by atoms with van der Waals surface area (Å²) >= 11 is 5.21. The fraction of sp³-hybridized carbons (Fsp3) is 0.188. The summed E-state index contributed by atoms with van der Waals surface area (Å²) in [5.74, 6) is 1.30. The highest BCUT2D eigenvalue weighted by atomic mass is 32.1. The average molecular weight is 330 g/mol. The molecule has 6 nitrogen and oxygen atoms in total. The van der Waals surface area contributed by atoms with Gasteiger partial charge in [0.25, 0.3) is 0 Å². The maximum Gasteiger partial charge on any atom is 0.213 e. The molecule has 2 rings (SSSR count). The van der Waals surface area contributed by atoms with E-state index in [0.717, 1.165) is 22.6 Å². The molecule has 0 fully saturated rings. The number of benzene rings is 1. The van der Waals surface area contributed by atoms with E-state index >= 15 is 0 Å². The van der Waals surface area contributed by atoms with Crippen molar-refractivity contribution in [1.82, 2.24) is 10.4 Å². The minimum absolute atomic E-state index is 0.367. The third-order valence-electron chi connectivity index (χ3n) is 3.05. The minimum Gasteiger partial charge on any atom is -0.496 e. The summed E-state index contributed by atoms with van der Waals surface area (Å²) in [6, 6.07) is 9.40. The predicted octanol–water partition coefficient (Wildman–Crippen LogP) is 2.73. The molecule has 0 saturated heterocycles. The first-order valence-corrected chi connectivity index (χ1v) is 7.28. The lowest BCUT2D eigenvalue weighted by Gasteiger charge is -2.10. The van der Waals surface area contributed by atoms with Gasteiger partial charge in [-0.2, -0.15) is 5.10 Å². The van der Waals surface area contributed by atoms with Crippen molar-refractivity contribution in [2.24, 2.45) is 5.10 Å². The second-order valence-corrected chi connectivity index (χ2v) is 5.02. The summed E-state index contributed by atoms with van der Waals surface area (Å²) in [6.07, 6.45) is 3.30. The first kappa shape index (κ1) is 16.7. The van der Waals surface area contributed by atoms with E-state index in [9.17, 15) is 0 Å². The molecule has 1 aromatic heterocycles. The van der Waals surface area contributed by atoms with Crippen molar-refractivity contribution in [3.8, 4) is 11.6 Å². The molecule has 2 aromatic rings. The molecule has 0 bridgehead atoms. The molecular weight excluding hydrogens is 312 g/mol. The number of pyridine rings is 1. The summed E-state index contributed by atoms with van der Waals surface area (Å²) < 4.78 is 10.3. The Morgan fingerprint density at radius 1 is 1.26 bits per heavy atom. The molecule has 7 heteroatoms. The SMILES string of the molecule is COc1cc(C)c(NC(=S)N/N=C/c2ccccc2OC)cn1. The number of thiocarbonyl (C=S) groups is 1. The van der Waals surface area contributed by atoms with E-state index in [0.29, 0.717) is 11.0 Å². The molecule has 0 amide bonds. The first-order valence-electron chi connectivity index (χ1n) is 6.87. The van der Waals surface area contributed by atoms with Crippen LogP contribution in [-0.2, 0) is 0 Å². The normalized spacial score (nSPS) is 10.4. The highest BCUT2D eigenvalue weighted by molar-refractivity contribution is 7.80. The lowest BCUT2D eigenvalue weighted by atomic mass is 10.2. The molecule has 0 saturated carbocycles. The quantitative estimate of drug-likeness (QED) is 0.499. The highest BCUT2D eigenvalue weighted by Gasteiger charge is 2.03. The van der Waals surface area contributed by atoms with Crippen LogP contribution in [0.2, 0.25) is 0 Å². The maximum atomic E-state index is 5.25. The number of hydrogen-bond acceptors (Lipinski definition) is 5. The molecule has 120 valence electrons. The fourth-order valence-corrected chi connectivity index (χ4v) is 2.02. The van der Waals surface area contributed by atoms with Gasteiger partial charge in [0.05, 0.1) is 32.3 Å². The molecule has 0 aliphatic heterocycles. The van der Waals surface area contributed by atoms with Crippen LogP contribution in [0.5, 0.6) is 11.6 Å². The van der Waals surface area contributed by atoms with Crippen molar-refractivity contribution in [2.45, 2.75) is 6.92 Å². The van der Waals surface area contributed by atoms with Crippen molar-refractivity contribution in [3.05, 3.63) is 47.7 Å². The Balaban J connectivity index is 1.96. The average Bonchev–Trinajstić information content (AvgIpc) is 2.57. The van der Waals surface area contributed by atoms with Crippen LogP contribution < -0.4 is 20.2 Å². The third kappa shape index (κ3) is 4.65. The number of para-hydroxylation sites is 1. The van der Waals surface area contributed by atoms with Crippen LogP contribution in [0.4, 0.5) is 5.69 Å². The highest BCUT2D eigenvalue weighted by Crippen LogP contribution is 2.18. The van der Waals surface area contributed by atoms with Gasteiger partial charge in [0, 0.05) is 11.6 Å². The smallest absolute Gasteiger partial charge is 0.213 e. The molecule has 0 spiro atoms. The number of nitrogens with zero attached hydrogens (tertiary/aromatic N) is 2. The molecule has 23 heavy (non-hydrogen) atoms. The van der Waals surface area contributed by atoms with Crippen molar-refractivity contribution in [3.63, 3.8) is 0 Å². The van der Waals surface area contributed by atoms with Crippen LogP contribution in [-0.4, -0.2) is 30.5 Å². The Bertz CT molecular complexity index is 719. The van der Waals surface area contributed by atoms with Gasteiger partial charge < -0.3 is 14.8 Å². The second kappa shape index (κ2) is 8.09. The van der Waals surface area contributed by atoms with E-state index in [1.54, 1.807) is 26.6 Å². The third-order valence-corrected chi connectivity index (χ3v) is 3.25. The Morgan fingerprint density at radius 2 is 2.04 bits per heavy atom. The zero-order chi connectivity index (χ0) is 16.7. The second-order valence-electron chi connectivity index (χ2n) is 4.61. The summed E-state index contributed by atoms with van der Waals surface area (Å²) in [7, 11) is 3.19. The monoisotopic (exact) mass is 330 g/mol. The number of anilines is 1. The molecular formula is C16H18N4O2S. The van der Waals surface area contributed by atoms with Gasteiger partial charge in [-0.3, -0.25) is 5.43 Å². The van der Waals surface area contributed by atoms with E-state index in [-0.39, 0.29) is 0 Å². The van der Waals surface area contributed by atoms with Crippen molar-refractivity contribution < 1.29 is 9.47 Å². The van der Waals surface area contributed by atoms with Crippen LogP contribution in [0.1, 0.15) is 11.1 Å². The zero-order valence-corrected chi connectivity index (χ0v) is 14.0. The van der Waals surface area contributed by atoms with Gasteiger partial charge >= 0.3 is 0 Å². The van der Waals surface area contributed by atoms with E-state index in [4.69, 9.17) is 21.7 Å². The van der Waals surface area contributed by atoms with Crippen LogP contribution in [0.15, 0.2) is 41.6 Å². The molecule has 0 radical (unpaired) electrons. The van der Waals surface area contributed by atoms with Gasteiger partial charge in [0.1, 0.15) is 5.75 Å². The van der Waals surface area contributed by atoms with Gasteiger partial charge in [-0.1, -0.05) is 12.1 Å². The Labute approximate surface area is 140 Å². The summed E-state index contributed by atoms with van der Waals surface area (Å²) in [5, 5.41) is 7.51. The van der Waals surface area contributed by atoms with E-state index in [1.165, 1.54) is 0 Å². The summed E-state index contributed by atoms with van der Waals surface area (Å²) in [4.78, 5) is 4.13. The molecule has 0 atom stereocenters. The summed E-state index contributed by atoms with van der Waals surface area (Å²) in [5.41, 5.74) is 5.37. The summed E-state index contributed by atoms with van der Waals surface area (Å²) in [6.45, 7) is 1.94. The van der Waals surface area contributed by atoms with Gasteiger partial charge in [-0.05, 0) is 36.8 Å². The Morgan fingerprint density at radius 3 is 2.74 bits per heavy atom. The van der Waals surface area contributed by atoms with Crippen molar-refractivity contribution >= 4 is 29.2 Å². The number of aryl methyl sites for hydroxylation is 1. The number of aromatic nitrogens is 1. The van der Waals surface area contributed by atoms with E-state index < -0.39 is 0 Å². The fourth-order valence-electron chi connectivity index (χ4n) is 1.86. The van der Waals surface area contributed by atoms with Crippen LogP contribution >= 0.6 is 12.2 Å². The van der Waals surface area contributed by atoms with Gasteiger partial charge in [-0.25, -0.2) is 4.98 Å². The predicted molar refractivity (Wildman–Crippen MR) is 95.5 cm³/mol. The largest absolute Gasteiger partial charge is 0.496 e. The lowest BCUT2D eigenvalue weighted by molar-refractivity contribution is 0.397. The van der Waals surface area contributed by atoms with Crippen LogP contribution in [0, 0.1) is 6.92 Å².